The smallest absolute Gasteiger partial charge is 0.242 e. The van der Waals surface area contributed by atoms with Crippen molar-refractivity contribution in [2.45, 2.75) is 32.7 Å². The molecule has 0 aliphatic carbocycles. The highest BCUT2D eigenvalue weighted by Crippen LogP contribution is 2.09. The van der Waals surface area contributed by atoms with Crippen LogP contribution in [0, 0.1) is 0 Å². The fraction of sp³-hybridized carbons (Fsp3) is 0.333. The van der Waals surface area contributed by atoms with E-state index in [4.69, 9.17) is 0 Å². The first kappa shape index (κ1) is 18.7. The highest BCUT2D eigenvalue weighted by molar-refractivity contribution is 5.88. The maximum atomic E-state index is 12.8. The number of hydrogen-bond acceptors (Lipinski definition) is 2. The lowest BCUT2D eigenvalue weighted by atomic mass is 10.1. The SMILES string of the molecule is CCNC(=O)C(C)N(CCc1ccccc1)C(=O)Cc1ccccc1. The van der Waals surface area contributed by atoms with Crippen molar-refractivity contribution in [1.29, 1.82) is 0 Å². The summed E-state index contributed by atoms with van der Waals surface area (Å²) in [7, 11) is 0. The van der Waals surface area contributed by atoms with E-state index < -0.39 is 6.04 Å². The number of carbonyl (C=O) groups is 2. The van der Waals surface area contributed by atoms with Gasteiger partial charge in [-0.15, -0.1) is 0 Å². The van der Waals surface area contributed by atoms with Gasteiger partial charge in [0.25, 0.3) is 0 Å². The van der Waals surface area contributed by atoms with Gasteiger partial charge in [-0.1, -0.05) is 60.7 Å². The molecule has 0 aliphatic rings. The van der Waals surface area contributed by atoms with E-state index in [9.17, 15) is 9.59 Å². The molecule has 132 valence electrons. The average Bonchev–Trinajstić information content (AvgIpc) is 2.63. The molecule has 4 heteroatoms. The van der Waals surface area contributed by atoms with Crippen molar-refractivity contribution < 1.29 is 9.59 Å². The van der Waals surface area contributed by atoms with E-state index in [-0.39, 0.29) is 11.8 Å². The molecule has 0 aromatic heterocycles. The number of nitrogens with one attached hydrogen (secondary N) is 1. The van der Waals surface area contributed by atoms with E-state index in [1.54, 1.807) is 11.8 Å². The number of likely N-dealkylation sites (N-methyl/N-ethyl adjacent to an activating group) is 1. The average molecular weight is 338 g/mol. The second-order valence-electron chi connectivity index (χ2n) is 6.06. The van der Waals surface area contributed by atoms with Crippen LogP contribution in [0.2, 0.25) is 0 Å². The van der Waals surface area contributed by atoms with Crippen LogP contribution in [0.3, 0.4) is 0 Å². The lowest BCUT2D eigenvalue weighted by Crippen LogP contribution is -2.49. The molecule has 2 rings (SSSR count). The van der Waals surface area contributed by atoms with Crippen LogP contribution in [0.1, 0.15) is 25.0 Å². The summed E-state index contributed by atoms with van der Waals surface area (Å²) in [6, 6.07) is 19.2. The maximum absolute atomic E-state index is 12.8. The number of hydrogen-bond donors (Lipinski definition) is 1. The second-order valence-corrected chi connectivity index (χ2v) is 6.06. The molecule has 25 heavy (non-hydrogen) atoms. The molecule has 4 nitrogen and oxygen atoms in total. The minimum atomic E-state index is -0.486. The minimum Gasteiger partial charge on any atom is -0.355 e. The third-order valence-corrected chi connectivity index (χ3v) is 4.20. The number of rotatable bonds is 8. The van der Waals surface area contributed by atoms with Crippen LogP contribution in [-0.4, -0.2) is 35.8 Å². The molecule has 0 spiro atoms. The summed E-state index contributed by atoms with van der Waals surface area (Å²) in [5, 5.41) is 2.81. The van der Waals surface area contributed by atoms with Crippen molar-refractivity contribution in [3.05, 3.63) is 71.8 Å². The molecule has 2 aromatic carbocycles. The van der Waals surface area contributed by atoms with Gasteiger partial charge in [-0.05, 0) is 31.4 Å². The molecular formula is C21H26N2O2. The summed E-state index contributed by atoms with van der Waals surface area (Å²) < 4.78 is 0. The van der Waals surface area contributed by atoms with E-state index in [1.165, 1.54) is 0 Å². The van der Waals surface area contributed by atoms with Crippen molar-refractivity contribution in [2.24, 2.45) is 0 Å². The van der Waals surface area contributed by atoms with Gasteiger partial charge in [-0.25, -0.2) is 0 Å². The maximum Gasteiger partial charge on any atom is 0.242 e. The molecular weight excluding hydrogens is 312 g/mol. The van der Waals surface area contributed by atoms with Crippen molar-refractivity contribution in [3.8, 4) is 0 Å². The number of amides is 2. The molecule has 1 unspecified atom stereocenters. The van der Waals surface area contributed by atoms with E-state index in [0.717, 1.165) is 17.5 Å². The fourth-order valence-corrected chi connectivity index (χ4v) is 2.76. The van der Waals surface area contributed by atoms with Gasteiger partial charge in [0.2, 0.25) is 11.8 Å². The molecule has 0 saturated carbocycles. The summed E-state index contributed by atoms with van der Waals surface area (Å²) in [4.78, 5) is 26.8. The largest absolute Gasteiger partial charge is 0.355 e. The normalized spacial score (nSPS) is 11.6. The summed E-state index contributed by atoms with van der Waals surface area (Å²) in [6.07, 6.45) is 1.03. The summed E-state index contributed by atoms with van der Waals surface area (Å²) in [5.41, 5.74) is 2.11. The standard InChI is InChI=1S/C21H26N2O2/c1-3-22-21(25)17(2)23(15-14-18-10-6-4-7-11-18)20(24)16-19-12-8-5-9-13-19/h4-13,17H,3,14-16H2,1-2H3,(H,22,25). The Hall–Kier alpha value is -2.62. The number of benzene rings is 2. The second kappa shape index (κ2) is 9.62. The lowest BCUT2D eigenvalue weighted by molar-refractivity contribution is -0.139. The predicted molar refractivity (Wildman–Crippen MR) is 100 cm³/mol. The zero-order valence-corrected chi connectivity index (χ0v) is 14.9. The Morgan fingerprint density at radius 3 is 2.08 bits per heavy atom. The molecule has 0 saturated heterocycles. The van der Waals surface area contributed by atoms with Gasteiger partial charge >= 0.3 is 0 Å². The quantitative estimate of drug-likeness (QED) is 0.805. The van der Waals surface area contributed by atoms with Crippen LogP contribution >= 0.6 is 0 Å². The Kier molecular flexibility index (Phi) is 7.20. The summed E-state index contributed by atoms with van der Waals surface area (Å²) in [6.45, 7) is 4.75. The first-order valence-corrected chi connectivity index (χ1v) is 8.76. The highest BCUT2D eigenvalue weighted by Gasteiger charge is 2.25. The van der Waals surface area contributed by atoms with Crippen LogP contribution in [0.25, 0.3) is 0 Å². The molecule has 0 aliphatic heterocycles. The molecule has 1 N–H and O–H groups in total. The third-order valence-electron chi connectivity index (χ3n) is 4.20. The molecule has 2 aromatic rings. The zero-order chi connectivity index (χ0) is 18.1. The predicted octanol–water partition coefficient (Wildman–Crippen LogP) is 2.83. The summed E-state index contributed by atoms with van der Waals surface area (Å²) >= 11 is 0. The van der Waals surface area contributed by atoms with Gasteiger partial charge in [-0.2, -0.15) is 0 Å². The first-order chi connectivity index (χ1) is 12.1. The van der Waals surface area contributed by atoms with Gasteiger partial charge in [0.15, 0.2) is 0 Å². The van der Waals surface area contributed by atoms with Crippen molar-refractivity contribution in [2.75, 3.05) is 13.1 Å². The Morgan fingerprint density at radius 2 is 1.52 bits per heavy atom. The Morgan fingerprint density at radius 1 is 0.960 bits per heavy atom. The van der Waals surface area contributed by atoms with Crippen LogP contribution in [0.4, 0.5) is 0 Å². The topological polar surface area (TPSA) is 49.4 Å². The Labute approximate surface area is 149 Å². The van der Waals surface area contributed by atoms with Crippen LogP contribution in [0.5, 0.6) is 0 Å². The monoisotopic (exact) mass is 338 g/mol. The molecule has 0 heterocycles. The zero-order valence-electron chi connectivity index (χ0n) is 14.9. The molecule has 1 atom stereocenters. The lowest BCUT2D eigenvalue weighted by Gasteiger charge is -2.28. The minimum absolute atomic E-state index is 0.0270. The van der Waals surface area contributed by atoms with Gasteiger partial charge in [-0.3, -0.25) is 9.59 Å². The fourth-order valence-electron chi connectivity index (χ4n) is 2.76. The molecule has 0 radical (unpaired) electrons. The van der Waals surface area contributed by atoms with Gasteiger partial charge in [0, 0.05) is 13.1 Å². The van der Waals surface area contributed by atoms with Crippen LogP contribution in [-0.2, 0) is 22.4 Å². The number of carbonyl (C=O) groups excluding carboxylic acids is 2. The van der Waals surface area contributed by atoms with Gasteiger partial charge in [0.05, 0.1) is 6.42 Å². The first-order valence-electron chi connectivity index (χ1n) is 8.76. The molecule has 0 bridgehead atoms. The van der Waals surface area contributed by atoms with E-state index in [1.807, 2.05) is 67.6 Å². The van der Waals surface area contributed by atoms with E-state index in [2.05, 4.69) is 5.32 Å². The van der Waals surface area contributed by atoms with Crippen LogP contribution < -0.4 is 5.32 Å². The molecule has 2 amide bonds. The Bertz CT molecular complexity index is 671. The highest BCUT2D eigenvalue weighted by atomic mass is 16.2. The van der Waals surface area contributed by atoms with E-state index >= 15 is 0 Å². The van der Waals surface area contributed by atoms with Crippen molar-refractivity contribution >= 4 is 11.8 Å². The van der Waals surface area contributed by atoms with Crippen LogP contribution in [0.15, 0.2) is 60.7 Å². The van der Waals surface area contributed by atoms with Crippen molar-refractivity contribution in [3.63, 3.8) is 0 Å². The van der Waals surface area contributed by atoms with Crippen molar-refractivity contribution in [1.82, 2.24) is 10.2 Å². The van der Waals surface area contributed by atoms with E-state index in [0.29, 0.717) is 19.5 Å². The van der Waals surface area contributed by atoms with Gasteiger partial charge < -0.3 is 10.2 Å². The number of nitrogens with zero attached hydrogens (tertiary/aromatic N) is 1. The molecule has 0 fully saturated rings. The third kappa shape index (κ3) is 5.75. The Balaban J connectivity index is 2.09. The van der Waals surface area contributed by atoms with Gasteiger partial charge in [0.1, 0.15) is 6.04 Å². The summed E-state index contributed by atoms with van der Waals surface area (Å²) in [5.74, 6) is -0.141.